The van der Waals surface area contributed by atoms with Gasteiger partial charge < -0.3 is 15.8 Å². The van der Waals surface area contributed by atoms with Crippen LogP contribution in [0.25, 0.3) is 0 Å². The van der Waals surface area contributed by atoms with Crippen LogP contribution in [0.5, 0.6) is 5.88 Å². The maximum Gasteiger partial charge on any atom is 0.213 e. The maximum absolute atomic E-state index is 5.75. The van der Waals surface area contributed by atoms with Gasteiger partial charge in [0.15, 0.2) is 5.96 Å². The van der Waals surface area contributed by atoms with Gasteiger partial charge in [-0.05, 0) is 24.8 Å². The maximum atomic E-state index is 5.75. The smallest absolute Gasteiger partial charge is 0.213 e. The molecule has 0 saturated heterocycles. The molecular formula is C13H19ClN4O. The Morgan fingerprint density at radius 2 is 2.37 bits per heavy atom. The van der Waals surface area contributed by atoms with Gasteiger partial charge in [-0.2, -0.15) is 0 Å². The Morgan fingerprint density at radius 3 is 3.00 bits per heavy atom. The van der Waals surface area contributed by atoms with E-state index in [4.69, 9.17) is 22.1 Å². The van der Waals surface area contributed by atoms with Crippen LogP contribution in [0.15, 0.2) is 23.3 Å². The van der Waals surface area contributed by atoms with E-state index >= 15 is 0 Å². The lowest BCUT2D eigenvalue weighted by molar-refractivity contribution is 0.309. The van der Waals surface area contributed by atoms with Gasteiger partial charge in [-0.15, -0.1) is 0 Å². The predicted octanol–water partition coefficient (Wildman–Crippen LogP) is 1.82. The zero-order chi connectivity index (χ0) is 13.5. The van der Waals surface area contributed by atoms with Gasteiger partial charge in [0, 0.05) is 18.8 Å². The largest absolute Gasteiger partial charge is 0.476 e. The van der Waals surface area contributed by atoms with Gasteiger partial charge in [0.1, 0.15) is 6.61 Å². The van der Waals surface area contributed by atoms with Gasteiger partial charge in [0.2, 0.25) is 5.88 Å². The Kier molecular flexibility index (Phi) is 5.27. The van der Waals surface area contributed by atoms with Crippen molar-refractivity contribution in [3.8, 4) is 5.88 Å². The number of hydrogen-bond donors (Lipinski definition) is 2. The number of nitrogens with two attached hydrogens (primary N) is 1. The molecule has 1 saturated carbocycles. The summed E-state index contributed by atoms with van der Waals surface area (Å²) in [7, 11) is 0. The van der Waals surface area contributed by atoms with Crippen LogP contribution in [-0.4, -0.2) is 30.6 Å². The normalized spacial score (nSPS) is 15.9. The number of ether oxygens (including phenoxy) is 1. The highest BCUT2D eigenvalue weighted by Crippen LogP contribution is 2.26. The fourth-order valence-electron chi connectivity index (χ4n) is 1.74. The first kappa shape index (κ1) is 13.9. The summed E-state index contributed by atoms with van der Waals surface area (Å²) in [4.78, 5) is 8.33. The van der Waals surface area contributed by atoms with Crippen LogP contribution in [0.3, 0.4) is 0 Å². The number of guanidine groups is 1. The molecule has 5 nitrogen and oxygen atoms in total. The van der Waals surface area contributed by atoms with Gasteiger partial charge >= 0.3 is 0 Å². The average Bonchev–Trinajstić information content (AvgIpc) is 2.35. The van der Waals surface area contributed by atoms with Crippen molar-refractivity contribution in [2.75, 3.05) is 19.7 Å². The summed E-state index contributed by atoms with van der Waals surface area (Å²) in [6, 6.07) is 3.47. The molecule has 6 heteroatoms. The summed E-state index contributed by atoms with van der Waals surface area (Å²) in [5, 5.41) is 3.61. The quantitative estimate of drug-likeness (QED) is 0.474. The molecule has 3 N–H and O–H groups in total. The fourth-order valence-corrected chi connectivity index (χ4v) is 1.85. The van der Waals surface area contributed by atoms with Crippen LogP contribution in [0.1, 0.15) is 19.3 Å². The molecular weight excluding hydrogens is 264 g/mol. The highest BCUT2D eigenvalue weighted by molar-refractivity contribution is 6.30. The van der Waals surface area contributed by atoms with Crippen molar-refractivity contribution in [2.24, 2.45) is 16.6 Å². The van der Waals surface area contributed by atoms with Crippen LogP contribution in [0.4, 0.5) is 0 Å². The molecule has 1 aromatic heterocycles. The minimum Gasteiger partial charge on any atom is -0.476 e. The Balaban J connectivity index is 1.59. The molecule has 0 aliphatic heterocycles. The molecule has 0 aromatic carbocycles. The minimum absolute atomic E-state index is 0.480. The predicted molar refractivity (Wildman–Crippen MR) is 76.6 cm³/mol. The Hall–Kier alpha value is -1.49. The topological polar surface area (TPSA) is 72.5 Å². The van der Waals surface area contributed by atoms with Crippen molar-refractivity contribution in [1.29, 1.82) is 0 Å². The molecule has 0 spiro atoms. The van der Waals surface area contributed by atoms with E-state index in [9.17, 15) is 0 Å². The molecule has 0 bridgehead atoms. The van der Waals surface area contributed by atoms with Crippen molar-refractivity contribution in [1.82, 2.24) is 10.3 Å². The van der Waals surface area contributed by atoms with Gasteiger partial charge in [0.25, 0.3) is 0 Å². The standard InChI is InChI=1S/C13H19ClN4O/c14-11-4-5-12(17-9-11)19-7-6-16-13(15)18-8-10-2-1-3-10/h4-5,9-10H,1-3,6-8H2,(H3,15,16,18). The lowest BCUT2D eigenvalue weighted by Gasteiger charge is -2.23. The molecule has 1 aromatic rings. The van der Waals surface area contributed by atoms with Gasteiger partial charge in [-0.3, -0.25) is 4.99 Å². The van der Waals surface area contributed by atoms with E-state index in [1.807, 2.05) is 0 Å². The van der Waals surface area contributed by atoms with Crippen LogP contribution in [-0.2, 0) is 0 Å². The number of rotatable bonds is 6. The summed E-state index contributed by atoms with van der Waals surface area (Å²) >= 11 is 5.73. The number of halogens is 1. The number of aromatic nitrogens is 1. The summed E-state index contributed by atoms with van der Waals surface area (Å²) in [5.74, 6) is 1.77. The van der Waals surface area contributed by atoms with Gasteiger partial charge in [-0.25, -0.2) is 4.98 Å². The van der Waals surface area contributed by atoms with E-state index in [2.05, 4.69) is 15.3 Å². The summed E-state index contributed by atoms with van der Waals surface area (Å²) < 4.78 is 5.43. The Morgan fingerprint density at radius 1 is 1.53 bits per heavy atom. The second-order valence-corrected chi connectivity index (χ2v) is 5.05. The second kappa shape index (κ2) is 7.19. The lowest BCUT2D eigenvalue weighted by Crippen LogP contribution is -2.35. The van der Waals surface area contributed by atoms with E-state index in [-0.39, 0.29) is 0 Å². The molecule has 0 radical (unpaired) electrons. The molecule has 2 rings (SSSR count). The van der Waals surface area contributed by atoms with E-state index in [0.717, 1.165) is 12.5 Å². The van der Waals surface area contributed by atoms with Crippen molar-refractivity contribution >= 4 is 17.6 Å². The van der Waals surface area contributed by atoms with Crippen molar-refractivity contribution < 1.29 is 4.74 Å². The van der Waals surface area contributed by atoms with Gasteiger partial charge in [0.05, 0.1) is 11.6 Å². The highest BCUT2D eigenvalue weighted by Gasteiger charge is 2.16. The molecule has 1 aliphatic carbocycles. The third-order valence-electron chi connectivity index (χ3n) is 3.10. The molecule has 104 valence electrons. The number of aliphatic imine (C=N–C) groups is 1. The van der Waals surface area contributed by atoms with Crippen molar-refractivity contribution in [3.05, 3.63) is 23.4 Å². The average molecular weight is 283 g/mol. The summed E-state index contributed by atoms with van der Waals surface area (Å²) in [6.45, 7) is 1.91. The van der Waals surface area contributed by atoms with E-state index < -0.39 is 0 Å². The van der Waals surface area contributed by atoms with Crippen molar-refractivity contribution in [3.63, 3.8) is 0 Å². The number of hydrogen-bond acceptors (Lipinski definition) is 3. The minimum atomic E-state index is 0.480. The van der Waals surface area contributed by atoms with Crippen LogP contribution in [0.2, 0.25) is 5.02 Å². The first-order valence-corrected chi connectivity index (χ1v) is 6.90. The SMILES string of the molecule is NC(=NCC1CCC1)NCCOc1ccc(Cl)cn1. The zero-order valence-corrected chi connectivity index (χ0v) is 11.6. The van der Waals surface area contributed by atoms with E-state index in [1.165, 1.54) is 19.3 Å². The molecule has 1 heterocycles. The molecule has 0 atom stereocenters. The third kappa shape index (κ3) is 4.95. The third-order valence-corrected chi connectivity index (χ3v) is 3.33. The Labute approximate surface area is 118 Å². The van der Waals surface area contributed by atoms with Crippen LogP contribution < -0.4 is 15.8 Å². The molecule has 0 unspecified atom stereocenters. The van der Waals surface area contributed by atoms with Crippen LogP contribution >= 0.6 is 11.6 Å². The van der Waals surface area contributed by atoms with E-state index in [0.29, 0.717) is 30.0 Å². The van der Waals surface area contributed by atoms with Gasteiger partial charge in [-0.1, -0.05) is 18.0 Å². The number of pyridine rings is 1. The molecule has 1 aliphatic rings. The summed E-state index contributed by atoms with van der Waals surface area (Å²) in [6.07, 6.45) is 5.44. The zero-order valence-electron chi connectivity index (χ0n) is 10.8. The Bertz CT molecular complexity index is 417. The second-order valence-electron chi connectivity index (χ2n) is 4.61. The van der Waals surface area contributed by atoms with Crippen molar-refractivity contribution in [2.45, 2.75) is 19.3 Å². The number of nitrogens with zero attached hydrogens (tertiary/aromatic N) is 2. The molecule has 19 heavy (non-hydrogen) atoms. The molecule has 1 fully saturated rings. The lowest BCUT2D eigenvalue weighted by atomic mass is 9.86. The fraction of sp³-hybridized carbons (Fsp3) is 0.538. The first-order chi connectivity index (χ1) is 9.24. The van der Waals surface area contributed by atoms with E-state index in [1.54, 1.807) is 18.3 Å². The molecule has 0 amide bonds. The summed E-state index contributed by atoms with van der Waals surface area (Å²) in [5.41, 5.74) is 5.75. The monoisotopic (exact) mass is 282 g/mol. The number of nitrogens with one attached hydrogen (secondary N) is 1. The van der Waals surface area contributed by atoms with Crippen LogP contribution in [0, 0.1) is 5.92 Å². The highest BCUT2D eigenvalue weighted by atomic mass is 35.5. The first-order valence-electron chi connectivity index (χ1n) is 6.52.